The number of anilines is 1. The third-order valence-electron chi connectivity index (χ3n) is 3.42. The molecule has 0 saturated heterocycles. The Morgan fingerprint density at radius 2 is 1.77 bits per heavy atom. The Morgan fingerprint density at radius 3 is 2.35 bits per heavy atom. The third-order valence-corrected chi connectivity index (χ3v) is 3.42. The van der Waals surface area contributed by atoms with Crippen molar-refractivity contribution in [3.8, 4) is 11.5 Å². The van der Waals surface area contributed by atoms with E-state index in [4.69, 9.17) is 15.2 Å². The molecule has 0 aliphatic rings. The van der Waals surface area contributed by atoms with Crippen molar-refractivity contribution in [2.24, 2.45) is 10.7 Å². The Balaban J connectivity index is 0.00000338. The highest BCUT2D eigenvalue weighted by atomic mass is 127. The van der Waals surface area contributed by atoms with Crippen molar-refractivity contribution in [3.63, 3.8) is 0 Å². The molecule has 0 fully saturated rings. The van der Waals surface area contributed by atoms with E-state index in [2.05, 4.69) is 10.3 Å². The van der Waals surface area contributed by atoms with E-state index < -0.39 is 0 Å². The largest absolute Gasteiger partial charge is 0.497 e. The van der Waals surface area contributed by atoms with Crippen LogP contribution in [-0.2, 0) is 6.54 Å². The first kappa shape index (κ1) is 22.1. The minimum Gasteiger partial charge on any atom is -0.497 e. The van der Waals surface area contributed by atoms with E-state index in [1.165, 1.54) is 0 Å². The van der Waals surface area contributed by atoms with Gasteiger partial charge in [-0.1, -0.05) is 12.1 Å². The number of hydrogen-bond acceptors (Lipinski definition) is 3. The summed E-state index contributed by atoms with van der Waals surface area (Å²) in [5.41, 5.74) is 8.74. The maximum Gasteiger partial charge on any atom is 0.193 e. The number of halogens is 1. The molecule has 5 nitrogen and oxygen atoms in total. The van der Waals surface area contributed by atoms with Gasteiger partial charge in [0.1, 0.15) is 17.1 Å². The van der Waals surface area contributed by atoms with E-state index in [0.717, 1.165) is 28.3 Å². The Hall–Kier alpha value is -1.96. The average molecular weight is 469 g/mol. The number of ether oxygens (including phenoxy) is 2. The van der Waals surface area contributed by atoms with Gasteiger partial charge in [0, 0.05) is 11.3 Å². The van der Waals surface area contributed by atoms with Gasteiger partial charge in [0.05, 0.1) is 13.7 Å². The van der Waals surface area contributed by atoms with Crippen LogP contribution in [0, 0.1) is 6.92 Å². The molecule has 142 valence electrons. The highest BCUT2D eigenvalue weighted by Crippen LogP contribution is 2.25. The van der Waals surface area contributed by atoms with E-state index in [-0.39, 0.29) is 29.6 Å². The van der Waals surface area contributed by atoms with Gasteiger partial charge in [-0.15, -0.1) is 24.0 Å². The number of hydrogen-bond donors (Lipinski definition) is 2. The van der Waals surface area contributed by atoms with Gasteiger partial charge in [0.15, 0.2) is 5.96 Å². The number of aryl methyl sites for hydroxylation is 1. The molecule has 0 amide bonds. The van der Waals surface area contributed by atoms with Crippen molar-refractivity contribution in [2.45, 2.75) is 39.8 Å². The molecule has 0 heterocycles. The van der Waals surface area contributed by atoms with Crippen LogP contribution >= 0.6 is 24.0 Å². The fourth-order valence-corrected chi connectivity index (χ4v) is 2.25. The van der Waals surface area contributed by atoms with Gasteiger partial charge in [-0.2, -0.15) is 0 Å². The van der Waals surface area contributed by atoms with Gasteiger partial charge in [0.2, 0.25) is 0 Å². The molecule has 0 atom stereocenters. The standard InChI is InChI=1S/C20H27N3O2.HI/c1-14-6-7-15(18(12-14)25-20(2,3)4)13-22-19(21)23-16-8-10-17(24-5)11-9-16;/h6-12H,13H2,1-5H3,(H3,21,22,23);1H. The normalized spacial score (nSPS) is 11.5. The van der Waals surface area contributed by atoms with Gasteiger partial charge < -0.3 is 20.5 Å². The number of methoxy groups -OCH3 is 1. The maximum absolute atomic E-state index is 6.05. The Labute approximate surface area is 173 Å². The number of guanidine groups is 1. The summed E-state index contributed by atoms with van der Waals surface area (Å²) in [6, 6.07) is 13.6. The molecule has 0 saturated carbocycles. The number of rotatable bonds is 5. The van der Waals surface area contributed by atoms with E-state index >= 15 is 0 Å². The van der Waals surface area contributed by atoms with Crippen LogP contribution in [0.1, 0.15) is 31.9 Å². The molecule has 0 radical (unpaired) electrons. The van der Waals surface area contributed by atoms with Crippen LogP contribution in [0.3, 0.4) is 0 Å². The van der Waals surface area contributed by atoms with Crippen molar-refractivity contribution in [1.82, 2.24) is 0 Å². The molecule has 0 spiro atoms. The summed E-state index contributed by atoms with van der Waals surface area (Å²) in [7, 11) is 1.64. The molecule has 0 unspecified atom stereocenters. The summed E-state index contributed by atoms with van der Waals surface area (Å²) in [5, 5.41) is 3.07. The number of nitrogens with zero attached hydrogens (tertiary/aromatic N) is 1. The van der Waals surface area contributed by atoms with Crippen LogP contribution in [0.5, 0.6) is 11.5 Å². The molecule has 0 aliphatic heterocycles. The lowest BCUT2D eigenvalue weighted by molar-refractivity contribution is 0.129. The topological polar surface area (TPSA) is 68.9 Å². The summed E-state index contributed by atoms with van der Waals surface area (Å²) in [5.74, 6) is 1.99. The summed E-state index contributed by atoms with van der Waals surface area (Å²) in [4.78, 5) is 4.42. The fraction of sp³-hybridized carbons (Fsp3) is 0.350. The summed E-state index contributed by atoms with van der Waals surface area (Å²) >= 11 is 0. The van der Waals surface area contributed by atoms with Crippen LogP contribution < -0.4 is 20.5 Å². The second-order valence-corrected chi connectivity index (χ2v) is 6.88. The molecular formula is C20H28IN3O2. The van der Waals surface area contributed by atoms with Crippen LogP contribution in [-0.4, -0.2) is 18.7 Å². The number of aliphatic imine (C=N–C) groups is 1. The van der Waals surface area contributed by atoms with Gasteiger partial charge in [-0.25, -0.2) is 4.99 Å². The zero-order chi connectivity index (χ0) is 18.4. The third kappa shape index (κ3) is 7.11. The molecule has 2 aromatic rings. The Kier molecular flexibility index (Phi) is 8.20. The van der Waals surface area contributed by atoms with E-state index in [1.54, 1.807) is 7.11 Å². The first-order valence-electron chi connectivity index (χ1n) is 8.26. The average Bonchev–Trinajstić information content (AvgIpc) is 2.53. The predicted molar refractivity (Wildman–Crippen MR) is 119 cm³/mol. The predicted octanol–water partition coefficient (Wildman–Crippen LogP) is 4.73. The molecule has 2 aromatic carbocycles. The van der Waals surface area contributed by atoms with Crippen LogP contribution in [0.15, 0.2) is 47.5 Å². The molecule has 6 heteroatoms. The second-order valence-electron chi connectivity index (χ2n) is 6.88. The number of benzene rings is 2. The lowest BCUT2D eigenvalue weighted by Gasteiger charge is -2.23. The molecule has 0 aliphatic carbocycles. The van der Waals surface area contributed by atoms with Crippen molar-refractivity contribution in [2.75, 3.05) is 12.4 Å². The quantitative estimate of drug-likeness (QED) is 0.378. The SMILES string of the molecule is COc1ccc(NC(N)=NCc2ccc(C)cc2OC(C)(C)C)cc1.I. The molecule has 0 aromatic heterocycles. The lowest BCUT2D eigenvalue weighted by Crippen LogP contribution is -2.24. The summed E-state index contributed by atoms with van der Waals surface area (Å²) < 4.78 is 11.2. The molecular weight excluding hydrogens is 441 g/mol. The van der Waals surface area contributed by atoms with Crippen LogP contribution in [0.4, 0.5) is 5.69 Å². The zero-order valence-corrected chi connectivity index (χ0v) is 18.3. The first-order valence-corrected chi connectivity index (χ1v) is 8.26. The van der Waals surface area contributed by atoms with Crippen molar-refractivity contribution >= 4 is 35.6 Å². The summed E-state index contributed by atoms with van der Waals surface area (Å²) in [6.07, 6.45) is 0. The molecule has 0 bridgehead atoms. The van der Waals surface area contributed by atoms with Crippen LogP contribution in [0.2, 0.25) is 0 Å². The number of nitrogens with one attached hydrogen (secondary N) is 1. The van der Waals surface area contributed by atoms with E-state index in [9.17, 15) is 0 Å². The molecule has 3 N–H and O–H groups in total. The highest BCUT2D eigenvalue weighted by Gasteiger charge is 2.14. The summed E-state index contributed by atoms with van der Waals surface area (Å²) in [6.45, 7) is 8.58. The van der Waals surface area contributed by atoms with Crippen molar-refractivity contribution in [3.05, 3.63) is 53.6 Å². The minimum absolute atomic E-state index is 0. The van der Waals surface area contributed by atoms with Crippen molar-refractivity contribution in [1.29, 1.82) is 0 Å². The number of nitrogens with two attached hydrogens (primary N) is 1. The van der Waals surface area contributed by atoms with Crippen molar-refractivity contribution < 1.29 is 9.47 Å². The highest BCUT2D eigenvalue weighted by molar-refractivity contribution is 14.0. The van der Waals surface area contributed by atoms with Gasteiger partial charge in [-0.3, -0.25) is 0 Å². The Morgan fingerprint density at radius 1 is 1.12 bits per heavy atom. The zero-order valence-electron chi connectivity index (χ0n) is 16.0. The van der Waals surface area contributed by atoms with Gasteiger partial charge in [-0.05, 0) is 63.6 Å². The van der Waals surface area contributed by atoms with Gasteiger partial charge >= 0.3 is 0 Å². The molecule has 26 heavy (non-hydrogen) atoms. The Bertz CT molecular complexity index is 738. The smallest absolute Gasteiger partial charge is 0.193 e. The first-order chi connectivity index (χ1) is 11.8. The minimum atomic E-state index is -0.265. The lowest BCUT2D eigenvalue weighted by atomic mass is 10.1. The monoisotopic (exact) mass is 469 g/mol. The van der Waals surface area contributed by atoms with E-state index in [1.807, 2.05) is 70.2 Å². The maximum atomic E-state index is 6.05. The van der Waals surface area contributed by atoms with E-state index in [0.29, 0.717) is 12.5 Å². The van der Waals surface area contributed by atoms with Crippen LogP contribution in [0.25, 0.3) is 0 Å². The van der Waals surface area contributed by atoms with Gasteiger partial charge in [0.25, 0.3) is 0 Å². The second kappa shape index (κ2) is 9.66. The molecule has 2 rings (SSSR count). The fourth-order valence-electron chi connectivity index (χ4n) is 2.25.